The van der Waals surface area contributed by atoms with E-state index in [9.17, 15) is 14.4 Å². The number of hydrogen-bond donors (Lipinski definition) is 1. The molecule has 0 spiro atoms. The quantitative estimate of drug-likeness (QED) is 0.419. The van der Waals surface area contributed by atoms with E-state index in [1.807, 2.05) is 34.6 Å². The van der Waals surface area contributed by atoms with Crippen LogP contribution < -0.4 is 5.32 Å². The van der Waals surface area contributed by atoms with Gasteiger partial charge in [0.05, 0.1) is 25.1 Å². The fraction of sp³-hybridized carbons (Fsp3) is 0.667. The molecule has 1 aliphatic carbocycles. The van der Waals surface area contributed by atoms with Crippen LogP contribution in [0.2, 0.25) is 5.15 Å². The lowest BCUT2D eigenvalue weighted by Crippen LogP contribution is -2.36. The summed E-state index contributed by atoms with van der Waals surface area (Å²) in [6, 6.07) is -0.207. The van der Waals surface area contributed by atoms with Gasteiger partial charge in [0, 0.05) is 11.6 Å². The van der Waals surface area contributed by atoms with E-state index in [0.29, 0.717) is 0 Å². The highest BCUT2D eigenvalue weighted by Crippen LogP contribution is 2.36. The zero-order chi connectivity index (χ0) is 25.2. The SMILES string of the molecule is CC(C)COC(=O)N1Cc2c(F)c(N[C@@H]3CCCC[C@@H]3CC(=O)OC(C)(C)C)nc(Cl)c2C1=O. The number of aromatic nitrogens is 1. The molecule has 1 saturated carbocycles. The molecule has 8 nitrogen and oxygen atoms in total. The Morgan fingerprint density at radius 2 is 1.94 bits per heavy atom. The molecule has 0 bridgehead atoms. The highest BCUT2D eigenvalue weighted by molar-refractivity contribution is 6.33. The first kappa shape index (κ1) is 26.2. The lowest BCUT2D eigenvalue weighted by atomic mass is 9.82. The van der Waals surface area contributed by atoms with Crippen molar-refractivity contribution in [2.24, 2.45) is 11.8 Å². The van der Waals surface area contributed by atoms with E-state index < -0.39 is 23.4 Å². The van der Waals surface area contributed by atoms with Crippen molar-refractivity contribution < 1.29 is 28.2 Å². The molecule has 10 heteroatoms. The maximum atomic E-state index is 15.4. The van der Waals surface area contributed by atoms with Crippen molar-refractivity contribution in [3.63, 3.8) is 0 Å². The number of nitrogens with zero attached hydrogens (tertiary/aromatic N) is 2. The summed E-state index contributed by atoms with van der Waals surface area (Å²) in [4.78, 5) is 42.4. The van der Waals surface area contributed by atoms with Gasteiger partial charge < -0.3 is 14.8 Å². The van der Waals surface area contributed by atoms with Gasteiger partial charge in [0.25, 0.3) is 5.91 Å². The Morgan fingerprint density at radius 1 is 1.26 bits per heavy atom. The second-order valence-corrected chi connectivity index (χ2v) is 10.7. The number of pyridine rings is 1. The molecule has 2 amide bonds. The van der Waals surface area contributed by atoms with Crippen molar-refractivity contribution in [3.05, 3.63) is 22.1 Å². The van der Waals surface area contributed by atoms with Gasteiger partial charge in [-0.2, -0.15) is 0 Å². The third kappa shape index (κ3) is 6.17. The number of amides is 2. The Balaban J connectivity index is 1.77. The summed E-state index contributed by atoms with van der Waals surface area (Å²) in [5.41, 5.74) is -0.696. The predicted octanol–water partition coefficient (Wildman–Crippen LogP) is 5.33. The van der Waals surface area contributed by atoms with Gasteiger partial charge in [0.15, 0.2) is 11.6 Å². The monoisotopic (exact) mass is 497 g/mol. The number of anilines is 1. The number of halogens is 2. The van der Waals surface area contributed by atoms with Crippen LogP contribution in [-0.2, 0) is 20.8 Å². The number of nitrogens with one attached hydrogen (secondary N) is 1. The molecule has 1 aliphatic heterocycles. The normalized spacial score (nSPS) is 20.4. The molecule has 34 heavy (non-hydrogen) atoms. The maximum Gasteiger partial charge on any atom is 0.417 e. The first-order valence-electron chi connectivity index (χ1n) is 11.7. The lowest BCUT2D eigenvalue weighted by molar-refractivity contribution is -0.156. The smallest absolute Gasteiger partial charge is 0.417 e. The van der Waals surface area contributed by atoms with Crippen LogP contribution in [0.25, 0.3) is 0 Å². The number of esters is 1. The molecule has 2 atom stereocenters. The van der Waals surface area contributed by atoms with E-state index in [1.165, 1.54) is 0 Å². The molecule has 0 radical (unpaired) electrons. The van der Waals surface area contributed by atoms with E-state index >= 15 is 4.39 Å². The van der Waals surface area contributed by atoms with Gasteiger partial charge in [0.1, 0.15) is 10.8 Å². The maximum absolute atomic E-state index is 15.4. The second kappa shape index (κ2) is 10.5. The van der Waals surface area contributed by atoms with Crippen molar-refractivity contribution in [2.45, 2.75) is 84.9 Å². The molecule has 1 fully saturated rings. The summed E-state index contributed by atoms with van der Waals surface area (Å²) in [7, 11) is 0. The Kier molecular flexibility index (Phi) is 8.06. The van der Waals surface area contributed by atoms with Crippen LogP contribution in [-0.4, -0.2) is 46.1 Å². The van der Waals surface area contributed by atoms with Gasteiger partial charge >= 0.3 is 12.1 Å². The zero-order valence-electron chi connectivity index (χ0n) is 20.4. The molecular weight excluding hydrogens is 465 g/mol. The summed E-state index contributed by atoms with van der Waals surface area (Å²) in [5.74, 6) is -1.81. The lowest BCUT2D eigenvalue weighted by Gasteiger charge is -2.33. The molecule has 188 valence electrons. The van der Waals surface area contributed by atoms with E-state index in [1.54, 1.807) is 0 Å². The summed E-state index contributed by atoms with van der Waals surface area (Å²) in [5, 5.41) is 2.93. The van der Waals surface area contributed by atoms with Gasteiger partial charge in [-0.1, -0.05) is 38.3 Å². The molecule has 0 unspecified atom stereocenters. The van der Waals surface area contributed by atoms with E-state index in [0.717, 1.165) is 30.6 Å². The average molecular weight is 498 g/mol. The Bertz CT molecular complexity index is 963. The first-order valence-corrected chi connectivity index (χ1v) is 12.1. The summed E-state index contributed by atoms with van der Waals surface area (Å²) in [6.07, 6.45) is 2.79. The zero-order valence-corrected chi connectivity index (χ0v) is 21.1. The van der Waals surface area contributed by atoms with Crippen LogP contribution in [0, 0.1) is 17.7 Å². The summed E-state index contributed by atoms with van der Waals surface area (Å²) in [6.45, 7) is 9.05. The largest absolute Gasteiger partial charge is 0.460 e. The third-order valence-corrected chi connectivity index (χ3v) is 6.08. The Labute approximate surface area is 204 Å². The highest BCUT2D eigenvalue weighted by Gasteiger charge is 2.39. The topological polar surface area (TPSA) is 97.8 Å². The summed E-state index contributed by atoms with van der Waals surface area (Å²) < 4.78 is 26.0. The number of fused-ring (bicyclic) bond motifs is 1. The fourth-order valence-electron chi connectivity index (χ4n) is 4.28. The van der Waals surface area contributed by atoms with Crippen molar-refractivity contribution >= 4 is 35.4 Å². The van der Waals surface area contributed by atoms with Gasteiger partial charge in [-0.3, -0.25) is 9.59 Å². The van der Waals surface area contributed by atoms with Crippen molar-refractivity contribution in [2.75, 3.05) is 11.9 Å². The first-order chi connectivity index (χ1) is 15.9. The minimum absolute atomic E-state index is 0.00787. The number of carbonyl (C=O) groups is 3. The molecule has 2 aliphatic rings. The molecule has 0 saturated heterocycles. The molecule has 1 aromatic heterocycles. The molecule has 0 aromatic carbocycles. The average Bonchev–Trinajstić information content (AvgIpc) is 3.08. The van der Waals surface area contributed by atoms with Crippen LogP contribution in [0.1, 0.15) is 82.6 Å². The minimum atomic E-state index is -0.843. The van der Waals surface area contributed by atoms with Crippen molar-refractivity contribution in [1.29, 1.82) is 0 Å². The van der Waals surface area contributed by atoms with Gasteiger partial charge in [-0.15, -0.1) is 0 Å². The van der Waals surface area contributed by atoms with Crippen LogP contribution in [0.4, 0.5) is 15.0 Å². The molecule has 1 N–H and O–H groups in total. The van der Waals surface area contributed by atoms with Crippen LogP contribution in [0.15, 0.2) is 0 Å². The number of ether oxygens (including phenoxy) is 2. The third-order valence-electron chi connectivity index (χ3n) is 5.81. The van der Waals surface area contributed by atoms with E-state index in [2.05, 4.69) is 10.3 Å². The second-order valence-electron chi connectivity index (χ2n) is 10.4. The Morgan fingerprint density at radius 3 is 2.59 bits per heavy atom. The molecule has 3 rings (SSSR count). The highest BCUT2D eigenvalue weighted by atomic mass is 35.5. The van der Waals surface area contributed by atoms with Gasteiger partial charge in [0.2, 0.25) is 0 Å². The number of imide groups is 1. The van der Waals surface area contributed by atoms with Gasteiger partial charge in [-0.25, -0.2) is 19.1 Å². The van der Waals surface area contributed by atoms with E-state index in [-0.39, 0.29) is 65.5 Å². The molecular formula is C24H33ClFN3O5. The number of rotatable bonds is 6. The van der Waals surface area contributed by atoms with Gasteiger partial charge in [-0.05, 0) is 45.4 Å². The predicted molar refractivity (Wildman–Crippen MR) is 125 cm³/mol. The minimum Gasteiger partial charge on any atom is -0.460 e. The van der Waals surface area contributed by atoms with Crippen molar-refractivity contribution in [1.82, 2.24) is 9.88 Å². The van der Waals surface area contributed by atoms with Crippen LogP contribution in [0.3, 0.4) is 0 Å². The molecule has 1 aromatic rings. The fourth-order valence-corrected chi connectivity index (χ4v) is 4.56. The standard InChI is InChI=1S/C24H33ClFN3O5/c1-13(2)12-33-23(32)29-11-15-18(22(29)31)20(25)28-21(19(15)26)27-16-9-7-6-8-14(16)10-17(30)34-24(3,4)5/h13-14,16H,6-12H2,1-5H3,(H,27,28)/t14-,16-/m1/s1. The van der Waals surface area contributed by atoms with Crippen molar-refractivity contribution in [3.8, 4) is 0 Å². The van der Waals surface area contributed by atoms with Crippen LogP contribution in [0.5, 0.6) is 0 Å². The number of hydrogen-bond acceptors (Lipinski definition) is 7. The van der Waals surface area contributed by atoms with E-state index in [4.69, 9.17) is 21.1 Å². The van der Waals surface area contributed by atoms with Crippen LogP contribution >= 0.6 is 11.6 Å². The Hall–Kier alpha value is -2.42. The summed E-state index contributed by atoms with van der Waals surface area (Å²) >= 11 is 6.26. The number of carbonyl (C=O) groups excluding carboxylic acids is 3. The molecule has 2 heterocycles.